The van der Waals surface area contributed by atoms with Crippen molar-refractivity contribution in [1.29, 1.82) is 0 Å². The average molecular weight is 255 g/mol. The smallest absolute Gasteiger partial charge is 0.159 e. The minimum absolute atomic E-state index is 0.547. The Hall–Kier alpha value is -0.960. The van der Waals surface area contributed by atoms with Crippen LogP contribution in [0.1, 0.15) is 45.1 Å². The molecular formula is C15H23F2N. The summed E-state index contributed by atoms with van der Waals surface area (Å²) in [5.41, 5.74) is 0.876. The summed E-state index contributed by atoms with van der Waals surface area (Å²) in [5, 5.41) is 3.46. The summed E-state index contributed by atoms with van der Waals surface area (Å²) in [5.74, 6) is -1.51. The van der Waals surface area contributed by atoms with Crippen LogP contribution in [-0.2, 0) is 6.42 Å². The normalized spacial score (nSPS) is 12.7. The van der Waals surface area contributed by atoms with E-state index in [-0.39, 0.29) is 0 Å². The van der Waals surface area contributed by atoms with Crippen molar-refractivity contribution in [3.63, 3.8) is 0 Å². The molecule has 0 radical (unpaired) electrons. The van der Waals surface area contributed by atoms with Gasteiger partial charge in [-0.05, 0) is 49.9 Å². The Labute approximate surface area is 109 Å². The van der Waals surface area contributed by atoms with Crippen LogP contribution in [0, 0.1) is 11.6 Å². The second-order valence-corrected chi connectivity index (χ2v) is 4.68. The van der Waals surface area contributed by atoms with Crippen molar-refractivity contribution < 1.29 is 8.78 Å². The zero-order chi connectivity index (χ0) is 13.4. The Bertz CT molecular complexity index is 346. The zero-order valence-corrected chi connectivity index (χ0v) is 11.3. The van der Waals surface area contributed by atoms with Gasteiger partial charge in [-0.25, -0.2) is 8.78 Å². The molecule has 1 unspecified atom stereocenters. The van der Waals surface area contributed by atoms with E-state index in [1.165, 1.54) is 25.0 Å². The lowest BCUT2D eigenvalue weighted by molar-refractivity contribution is 0.447. The molecule has 0 fully saturated rings. The molecule has 0 bridgehead atoms. The number of rotatable bonds is 8. The summed E-state index contributed by atoms with van der Waals surface area (Å²) in [7, 11) is 0. The summed E-state index contributed by atoms with van der Waals surface area (Å²) in [4.78, 5) is 0. The summed E-state index contributed by atoms with van der Waals surface area (Å²) in [6, 6.07) is 4.72. The van der Waals surface area contributed by atoms with Crippen LogP contribution in [-0.4, -0.2) is 12.6 Å². The average Bonchev–Trinajstić information content (AvgIpc) is 2.34. The number of halogens is 2. The molecule has 18 heavy (non-hydrogen) atoms. The molecule has 1 aromatic carbocycles. The van der Waals surface area contributed by atoms with Crippen LogP contribution in [0.3, 0.4) is 0 Å². The van der Waals surface area contributed by atoms with E-state index >= 15 is 0 Å². The SMILES string of the molecule is CCCC(CCCc1ccc(F)c(F)c1)NCC. The Morgan fingerprint density at radius 2 is 1.89 bits per heavy atom. The highest BCUT2D eigenvalue weighted by atomic mass is 19.2. The first-order valence-corrected chi connectivity index (χ1v) is 6.84. The molecule has 1 aromatic rings. The van der Waals surface area contributed by atoms with Crippen LogP contribution in [0.2, 0.25) is 0 Å². The molecular weight excluding hydrogens is 232 g/mol. The van der Waals surface area contributed by atoms with Crippen LogP contribution in [0.25, 0.3) is 0 Å². The maximum absolute atomic E-state index is 13.0. The topological polar surface area (TPSA) is 12.0 Å². The van der Waals surface area contributed by atoms with Gasteiger partial charge in [-0.15, -0.1) is 0 Å². The highest BCUT2D eigenvalue weighted by Gasteiger charge is 2.07. The minimum Gasteiger partial charge on any atom is -0.314 e. The van der Waals surface area contributed by atoms with Crippen LogP contribution in [0.15, 0.2) is 18.2 Å². The highest BCUT2D eigenvalue weighted by Crippen LogP contribution is 2.13. The Morgan fingerprint density at radius 1 is 1.11 bits per heavy atom. The molecule has 0 aliphatic heterocycles. The van der Waals surface area contributed by atoms with Crippen molar-refractivity contribution in [2.75, 3.05) is 6.54 Å². The monoisotopic (exact) mass is 255 g/mol. The van der Waals surface area contributed by atoms with Gasteiger partial charge in [-0.3, -0.25) is 0 Å². The predicted molar refractivity (Wildman–Crippen MR) is 71.7 cm³/mol. The van der Waals surface area contributed by atoms with Crippen molar-refractivity contribution in [3.05, 3.63) is 35.4 Å². The number of hydrogen-bond acceptors (Lipinski definition) is 1. The van der Waals surface area contributed by atoms with Crippen LogP contribution in [0.4, 0.5) is 8.78 Å². The maximum Gasteiger partial charge on any atom is 0.159 e. The first-order valence-electron chi connectivity index (χ1n) is 6.84. The molecule has 0 aliphatic carbocycles. The first kappa shape index (κ1) is 15.1. The van der Waals surface area contributed by atoms with Gasteiger partial charge >= 0.3 is 0 Å². The van der Waals surface area contributed by atoms with E-state index in [0.29, 0.717) is 6.04 Å². The largest absolute Gasteiger partial charge is 0.314 e. The first-order chi connectivity index (χ1) is 8.67. The summed E-state index contributed by atoms with van der Waals surface area (Å²) >= 11 is 0. The fraction of sp³-hybridized carbons (Fsp3) is 0.600. The predicted octanol–water partition coefficient (Wildman–Crippen LogP) is 4.07. The quantitative estimate of drug-likeness (QED) is 0.738. The number of benzene rings is 1. The van der Waals surface area contributed by atoms with Gasteiger partial charge in [0.2, 0.25) is 0 Å². The van der Waals surface area contributed by atoms with Crippen molar-refractivity contribution in [2.45, 2.75) is 52.0 Å². The van der Waals surface area contributed by atoms with Crippen LogP contribution >= 0.6 is 0 Å². The molecule has 3 heteroatoms. The van der Waals surface area contributed by atoms with Gasteiger partial charge in [0.05, 0.1) is 0 Å². The third-order valence-corrected chi connectivity index (χ3v) is 3.13. The van der Waals surface area contributed by atoms with Crippen molar-refractivity contribution in [2.24, 2.45) is 0 Å². The van der Waals surface area contributed by atoms with Gasteiger partial charge in [0.1, 0.15) is 0 Å². The fourth-order valence-corrected chi connectivity index (χ4v) is 2.23. The molecule has 1 N–H and O–H groups in total. The molecule has 0 spiro atoms. The lowest BCUT2D eigenvalue weighted by atomic mass is 10.0. The summed E-state index contributed by atoms with van der Waals surface area (Å²) in [6.07, 6.45) is 5.24. The van der Waals surface area contributed by atoms with Gasteiger partial charge in [0.25, 0.3) is 0 Å². The molecule has 102 valence electrons. The third-order valence-electron chi connectivity index (χ3n) is 3.13. The molecule has 0 saturated heterocycles. The molecule has 0 saturated carbocycles. The summed E-state index contributed by atoms with van der Waals surface area (Å²) < 4.78 is 25.8. The standard InChI is InChI=1S/C15H23F2N/c1-3-6-13(18-4-2)8-5-7-12-9-10-14(16)15(17)11-12/h9-11,13,18H,3-8H2,1-2H3. The van der Waals surface area contributed by atoms with Crippen LogP contribution in [0.5, 0.6) is 0 Å². The minimum atomic E-state index is -0.768. The number of hydrogen-bond donors (Lipinski definition) is 1. The Balaban J connectivity index is 2.37. The van der Waals surface area contributed by atoms with E-state index in [1.54, 1.807) is 6.07 Å². The van der Waals surface area contributed by atoms with Crippen molar-refractivity contribution in [3.8, 4) is 0 Å². The van der Waals surface area contributed by atoms with E-state index < -0.39 is 11.6 Å². The molecule has 0 aromatic heterocycles. The molecule has 1 atom stereocenters. The van der Waals surface area contributed by atoms with Gasteiger partial charge in [0, 0.05) is 6.04 Å². The number of nitrogens with one attached hydrogen (secondary N) is 1. The zero-order valence-electron chi connectivity index (χ0n) is 11.3. The van der Waals surface area contributed by atoms with E-state index in [0.717, 1.165) is 31.4 Å². The fourth-order valence-electron chi connectivity index (χ4n) is 2.23. The second-order valence-electron chi connectivity index (χ2n) is 4.68. The van der Waals surface area contributed by atoms with E-state index in [4.69, 9.17) is 0 Å². The van der Waals surface area contributed by atoms with Crippen molar-refractivity contribution in [1.82, 2.24) is 5.32 Å². The number of aryl methyl sites for hydroxylation is 1. The summed E-state index contributed by atoms with van der Waals surface area (Å²) in [6.45, 7) is 5.27. The maximum atomic E-state index is 13.0. The lowest BCUT2D eigenvalue weighted by Crippen LogP contribution is -2.28. The van der Waals surface area contributed by atoms with Gasteiger partial charge in [0.15, 0.2) is 11.6 Å². The Morgan fingerprint density at radius 3 is 2.50 bits per heavy atom. The highest BCUT2D eigenvalue weighted by molar-refractivity contribution is 5.17. The van der Waals surface area contributed by atoms with Crippen molar-refractivity contribution >= 4 is 0 Å². The second kappa shape index (κ2) is 8.20. The molecule has 1 nitrogen and oxygen atoms in total. The molecule has 0 aliphatic rings. The molecule has 0 amide bonds. The molecule has 0 heterocycles. The van der Waals surface area contributed by atoms with E-state index in [9.17, 15) is 8.78 Å². The van der Waals surface area contributed by atoms with Crippen LogP contribution < -0.4 is 5.32 Å². The van der Waals surface area contributed by atoms with E-state index in [1.807, 2.05) is 0 Å². The third kappa shape index (κ3) is 5.13. The Kier molecular flexibility index (Phi) is 6.88. The van der Waals surface area contributed by atoms with Gasteiger partial charge in [-0.2, -0.15) is 0 Å². The van der Waals surface area contributed by atoms with E-state index in [2.05, 4.69) is 19.2 Å². The molecule has 1 rings (SSSR count). The van der Waals surface area contributed by atoms with Gasteiger partial charge in [-0.1, -0.05) is 26.3 Å². The lowest BCUT2D eigenvalue weighted by Gasteiger charge is -2.16. The van der Waals surface area contributed by atoms with Gasteiger partial charge < -0.3 is 5.32 Å².